The molecule has 7 nitrogen and oxygen atoms in total. The number of benzene rings is 2. The number of anilines is 1. The lowest BCUT2D eigenvalue weighted by Gasteiger charge is -2.12. The predicted octanol–water partition coefficient (Wildman–Crippen LogP) is 2.09. The number of aliphatic imine (C=N–C) groups is 1. The number of aryl methyl sites for hydroxylation is 1. The minimum absolute atomic E-state index is 0.0762. The van der Waals surface area contributed by atoms with Gasteiger partial charge in [-0.15, -0.1) is 0 Å². The second-order valence-electron chi connectivity index (χ2n) is 6.33. The highest BCUT2D eigenvalue weighted by Crippen LogP contribution is 2.17. The van der Waals surface area contributed by atoms with Gasteiger partial charge in [-0.25, -0.2) is 13.4 Å². The van der Waals surface area contributed by atoms with Gasteiger partial charge in [-0.1, -0.05) is 30.3 Å². The Kier molecular flexibility index (Phi) is 7.57. The standard InChI is InChI=1S/C20H26N4O3S/c1-4-21-20(23-14-19(25)24-17-8-6-5-7-9-17)22-13-16-10-11-18(15(2)12-16)28(3,26)27/h5-12H,4,13-14H2,1-3H3,(H,24,25)(H2,21,22,23). The quantitative estimate of drug-likeness (QED) is 0.486. The maximum absolute atomic E-state index is 12.1. The maximum atomic E-state index is 12.1. The second-order valence-corrected chi connectivity index (χ2v) is 8.32. The fourth-order valence-electron chi connectivity index (χ4n) is 2.63. The molecule has 3 N–H and O–H groups in total. The van der Waals surface area contributed by atoms with Gasteiger partial charge < -0.3 is 16.0 Å². The SMILES string of the molecule is CCNC(=NCc1ccc(S(C)(=O)=O)c(C)c1)NCC(=O)Nc1ccccc1. The Hall–Kier alpha value is -2.87. The number of guanidine groups is 1. The van der Waals surface area contributed by atoms with E-state index in [2.05, 4.69) is 20.9 Å². The molecule has 0 spiro atoms. The molecule has 0 aromatic heterocycles. The first kappa shape index (κ1) is 21.4. The largest absolute Gasteiger partial charge is 0.357 e. The minimum Gasteiger partial charge on any atom is -0.357 e. The Morgan fingerprint density at radius 3 is 2.39 bits per heavy atom. The van der Waals surface area contributed by atoms with Crippen LogP contribution in [0.5, 0.6) is 0 Å². The average molecular weight is 403 g/mol. The van der Waals surface area contributed by atoms with Crippen molar-refractivity contribution >= 4 is 27.4 Å². The van der Waals surface area contributed by atoms with Gasteiger partial charge in [0.1, 0.15) is 0 Å². The van der Waals surface area contributed by atoms with Crippen molar-refractivity contribution in [1.82, 2.24) is 10.6 Å². The van der Waals surface area contributed by atoms with Gasteiger partial charge >= 0.3 is 0 Å². The van der Waals surface area contributed by atoms with Crippen molar-refractivity contribution in [3.63, 3.8) is 0 Å². The van der Waals surface area contributed by atoms with Crippen LogP contribution < -0.4 is 16.0 Å². The third kappa shape index (κ3) is 6.70. The van der Waals surface area contributed by atoms with Crippen molar-refractivity contribution in [2.75, 3.05) is 24.7 Å². The van der Waals surface area contributed by atoms with Gasteiger partial charge in [0.2, 0.25) is 5.91 Å². The van der Waals surface area contributed by atoms with Crippen LogP contribution in [0.4, 0.5) is 5.69 Å². The van der Waals surface area contributed by atoms with Crippen molar-refractivity contribution in [2.24, 2.45) is 4.99 Å². The molecule has 0 unspecified atom stereocenters. The number of carbonyl (C=O) groups is 1. The molecule has 0 bridgehead atoms. The summed E-state index contributed by atoms with van der Waals surface area (Å²) in [5.74, 6) is 0.334. The number of nitrogens with zero attached hydrogens (tertiary/aromatic N) is 1. The zero-order chi connectivity index (χ0) is 20.6. The first-order chi connectivity index (χ1) is 13.3. The molecule has 0 fully saturated rings. The smallest absolute Gasteiger partial charge is 0.243 e. The minimum atomic E-state index is -3.24. The predicted molar refractivity (Wildman–Crippen MR) is 112 cm³/mol. The van der Waals surface area contributed by atoms with Crippen molar-refractivity contribution in [2.45, 2.75) is 25.3 Å². The fourth-order valence-corrected chi connectivity index (χ4v) is 3.59. The van der Waals surface area contributed by atoms with E-state index >= 15 is 0 Å². The van der Waals surface area contributed by atoms with E-state index in [1.54, 1.807) is 19.1 Å². The molecule has 0 aliphatic rings. The van der Waals surface area contributed by atoms with E-state index in [1.165, 1.54) is 6.26 Å². The van der Waals surface area contributed by atoms with E-state index in [0.29, 0.717) is 29.5 Å². The van der Waals surface area contributed by atoms with Crippen LogP contribution >= 0.6 is 0 Å². The lowest BCUT2D eigenvalue weighted by Crippen LogP contribution is -2.41. The van der Waals surface area contributed by atoms with Gasteiger partial charge in [-0.2, -0.15) is 0 Å². The number of hydrogen-bond acceptors (Lipinski definition) is 4. The van der Waals surface area contributed by atoms with Gasteiger partial charge in [-0.05, 0) is 43.2 Å². The summed E-state index contributed by atoms with van der Waals surface area (Å²) in [6, 6.07) is 14.4. The summed E-state index contributed by atoms with van der Waals surface area (Å²) in [4.78, 5) is 16.8. The summed E-state index contributed by atoms with van der Waals surface area (Å²) < 4.78 is 23.4. The van der Waals surface area contributed by atoms with Crippen molar-refractivity contribution in [3.8, 4) is 0 Å². The lowest BCUT2D eigenvalue weighted by molar-refractivity contribution is -0.115. The van der Waals surface area contributed by atoms with E-state index in [4.69, 9.17) is 0 Å². The summed E-state index contributed by atoms with van der Waals surface area (Å²) in [7, 11) is -3.24. The van der Waals surface area contributed by atoms with Crippen LogP contribution in [-0.2, 0) is 21.2 Å². The van der Waals surface area contributed by atoms with Gasteiger partial charge in [-0.3, -0.25) is 4.79 Å². The van der Waals surface area contributed by atoms with Crippen LogP contribution in [0.25, 0.3) is 0 Å². The van der Waals surface area contributed by atoms with Gasteiger partial charge in [0.05, 0.1) is 18.0 Å². The summed E-state index contributed by atoms with van der Waals surface area (Å²) in [5, 5.41) is 8.88. The Balaban J connectivity index is 1.98. The monoisotopic (exact) mass is 402 g/mol. The Labute approximate surface area is 166 Å². The van der Waals surface area contributed by atoms with Gasteiger partial charge in [0.15, 0.2) is 15.8 Å². The fraction of sp³-hybridized carbons (Fsp3) is 0.300. The van der Waals surface area contributed by atoms with Crippen molar-refractivity contribution in [3.05, 3.63) is 59.7 Å². The van der Waals surface area contributed by atoms with Crippen LogP contribution in [0.1, 0.15) is 18.1 Å². The summed E-state index contributed by atoms with van der Waals surface area (Å²) in [6.45, 7) is 4.79. The zero-order valence-electron chi connectivity index (χ0n) is 16.3. The number of sulfone groups is 1. The highest BCUT2D eigenvalue weighted by molar-refractivity contribution is 7.90. The molecule has 1 amide bonds. The van der Waals surface area contributed by atoms with E-state index in [0.717, 1.165) is 11.3 Å². The molecule has 28 heavy (non-hydrogen) atoms. The molecular formula is C20H26N4O3S. The normalized spacial score (nSPS) is 11.8. The number of rotatable bonds is 7. The highest BCUT2D eigenvalue weighted by Gasteiger charge is 2.11. The highest BCUT2D eigenvalue weighted by atomic mass is 32.2. The van der Waals surface area contributed by atoms with E-state index in [9.17, 15) is 13.2 Å². The number of nitrogens with one attached hydrogen (secondary N) is 3. The maximum Gasteiger partial charge on any atom is 0.243 e. The topological polar surface area (TPSA) is 99.7 Å². The molecule has 0 atom stereocenters. The molecule has 0 aliphatic carbocycles. The molecule has 8 heteroatoms. The molecule has 2 rings (SSSR count). The molecule has 0 saturated carbocycles. The Morgan fingerprint density at radius 2 is 1.79 bits per heavy atom. The van der Waals surface area contributed by atoms with Gasteiger partial charge in [0, 0.05) is 18.5 Å². The van der Waals surface area contributed by atoms with Gasteiger partial charge in [0.25, 0.3) is 0 Å². The average Bonchev–Trinajstić information content (AvgIpc) is 2.64. The number of para-hydroxylation sites is 1. The number of hydrogen-bond donors (Lipinski definition) is 3. The third-order valence-electron chi connectivity index (χ3n) is 3.88. The van der Waals surface area contributed by atoms with Crippen LogP contribution in [0, 0.1) is 6.92 Å². The molecule has 2 aromatic carbocycles. The lowest BCUT2D eigenvalue weighted by atomic mass is 10.1. The van der Waals surface area contributed by atoms with E-state index in [-0.39, 0.29) is 12.5 Å². The van der Waals surface area contributed by atoms with Crippen molar-refractivity contribution < 1.29 is 13.2 Å². The molecule has 2 aromatic rings. The number of carbonyl (C=O) groups excluding carboxylic acids is 1. The van der Waals surface area contributed by atoms with Crippen LogP contribution in [0.15, 0.2) is 58.4 Å². The van der Waals surface area contributed by atoms with Crippen LogP contribution in [-0.4, -0.2) is 39.6 Å². The summed E-state index contributed by atoms with van der Waals surface area (Å²) >= 11 is 0. The third-order valence-corrected chi connectivity index (χ3v) is 5.13. The Morgan fingerprint density at radius 1 is 1.07 bits per heavy atom. The number of amides is 1. The second kappa shape index (κ2) is 9.89. The molecule has 0 aliphatic heterocycles. The zero-order valence-corrected chi connectivity index (χ0v) is 17.1. The molecular weight excluding hydrogens is 376 g/mol. The molecule has 0 heterocycles. The van der Waals surface area contributed by atoms with E-state index < -0.39 is 9.84 Å². The molecule has 0 radical (unpaired) electrons. The first-order valence-corrected chi connectivity index (χ1v) is 10.9. The summed E-state index contributed by atoms with van der Waals surface area (Å²) in [6.07, 6.45) is 1.20. The van der Waals surface area contributed by atoms with Crippen molar-refractivity contribution in [1.29, 1.82) is 0 Å². The van der Waals surface area contributed by atoms with Crippen LogP contribution in [0.3, 0.4) is 0 Å². The molecule has 0 saturated heterocycles. The Bertz CT molecular complexity index is 941. The molecule has 150 valence electrons. The van der Waals surface area contributed by atoms with E-state index in [1.807, 2.05) is 43.3 Å². The van der Waals surface area contributed by atoms with Crippen LogP contribution in [0.2, 0.25) is 0 Å². The summed E-state index contributed by atoms with van der Waals surface area (Å²) in [5.41, 5.74) is 2.31. The first-order valence-electron chi connectivity index (χ1n) is 8.96.